The maximum absolute atomic E-state index is 10.2. The highest BCUT2D eigenvalue weighted by atomic mass is 16.4. The molecule has 0 bridgehead atoms. The third-order valence-corrected chi connectivity index (χ3v) is 2.28. The SMILES string of the molecule is C=C/C=C/CCCCCCCCC(=O)O. The van der Waals surface area contributed by atoms with Gasteiger partial charge in [0, 0.05) is 6.42 Å². The van der Waals surface area contributed by atoms with Gasteiger partial charge in [-0.05, 0) is 19.3 Å². The molecular weight excluding hydrogens is 188 g/mol. The molecule has 0 aliphatic heterocycles. The molecule has 0 rings (SSSR count). The van der Waals surface area contributed by atoms with Crippen LogP contribution in [0.2, 0.25) is 0 Å². The lowest BCUT2D eigenvalue weighted by Crippen LogP contribution is -1.93. The quantitative estimate of drug-likeness (QED) is 0.438. The molecule has 86 valence electrons. The van der Waals surface area contributed by atoms with Crippen molar-refractivity contribution in [2.24, 2.45) is 0 Å². The number of carboxylic acids is 1. The van der Waals surface area contributed by atoms with Gasteiger partial charge < -0.3 is 5.11 Å². The first-order valence-corrected chi connectivity index (χ1v) is 5.76. The van der Waals surface area contributed by atoms with Gasteiger partial charge in [-0.3, -0.25) is 4.79 Å². The van der Waals surface area contributed by atoms with Crippen molar-refractivity contribution in [2.45, 2.75) is 51.4 Å². The van der Waals surface area contributed by atoms with Crippen molar-refractivity contribution in [3.63, 3.8) is 0 Å². The zero-order chi connectivity index (χ0) is 11.4. The third kappa shape index (κ3) is 12.9. The highest BCUT2D eigenvalue weighted by Gasteiger charge is 1.95. The minimum absolute atomic E-state index is 0.322. The molecule has 0 saturated heterocycles. The summed E-state index contributed by atoms with van der Waals surface area (Å²) in [5, 5.41) is 8.42. The lowest BCUT2D eigenvalue weighted by Gasteiger charge is -1.98. The van der Waals surface area contributed by atoms with Crippen LogP contribution < -0.4 is 0 Å². The molecule has 0 aromatic heterocycles. The molecule has 0 aromatic carbocycles. The molecule has 0 fully saturated rings. The summed E-state index contributed by atoms with van der Waals surface area (Å²) < 4.78 is 0. The Morgan fingerprint density at radius 3 is 2.27 bits per heavy atom. The van der Waals surface area contributed by atoms with E-state index in [1.54, 1.807) is 6.08 Å². The second-order valence-corrected chi connectivity index (χ2v) is 3.72. The fraction of sp³-hybridized carbons (Fsp3) is 0.615. The highest BCUT2D eigenvalue weighted by Crippen LogP contribution is 2.08. The lowest BCUT2D eigenvalue weighted by atomic mass is 10.1. The predicted molar refractivity (Wildman–Crippen MR) is 63.9 cm³/mol. The van der Waals surface area contributed by atoms with Gasteiger partial charge in [-0.2, -0.15) is 0 Å². The van der Waals surface area contributed by atoms with Crippen molar-refractivity contribution in [3.05, 3.63) is 24.8 Å². The predicted octanol–water partition coefficient (Wildman–Crippen LogP) is 3.93. The molecule has 2 nitrogen and oxygen atoms in total. The summed E-state index contributed by atoms with van der Waals surface area (Å²) in [7, 11) is 0. The van der Waals surface area contributed by atoms with Crippen LogP contribution in [-0.2, 0) is 4.79 Å². The Balaban J connectivity index is 3.01. The fourth-order valence-electron chi connectivity index (χ4n) is 1.44. The van der Waals surface area contributed by atoms with Crippen LogP contribution >= 0.6 is 0 Å². The van der Waals surface area contributed by atoms with E-state index in [1.165, 1.54) is 25.7 Å². The standard InChI is InChI=1S/C13H22O2/c1-2-3-4-5-6-7-8-9-10-11-12-13(14)15/h2-4H,1,5-12H2,(H,14,15)/b4-3+. The Bertz CT molecular complexity index is 195. The molecule has 0 heterocycles. The molecule has 0 aliphatic rings. The average molecular weight is 210 g/mol. The normalized spacial score (nSPS) is 10.7. The Labute approximate surface area is 92.7 Å². The number of unbranched alkanes of at least 4 members (excludes halogenated alkanes) is 6. The Hall–Kier alpha value is -1.05. The van der Waals surface area contributed by atoms with E-state index in [4.69, 9.17) is 5.11 Å². The molecule has 0 unspecified atom stereocenters. The van der Waals surface area contributed by atoms with E-state index >= 15 is 0 Å². The van der Waals surface area contributed by atoms with Crippen molar-refractivity contribution in [1.29, 1.82) is 0 Å². The summed E-state index contributed by atoms with van der Waals surface area (Å²) in [6.45, 7) is 3.61. The van der Waals surface area contributed by atoms with Crippen molar-refractivity contribution in [1.82, 2.24) is 0 Å². The molecule has 2 heteroatoms. The maximum Gasteiger partial charge on any atom is 0.303 e. The van der Waals surface area contributed by atoms with Gasteiger partial charge in [0.1, 0.15) is 0 Å². The van der Waals surface area contributed by atoms with Crippen LogP contribution in [0.3, 0.4) is 0 Å². The van der Waals surface area contributed by atoms with Crippen molar-refractivity contribution < 1.29 is 9.90 Å². The summed E-state index contributed by atoms with van der Waals surface area (Å²) in [5.41, 5.74) is 0. The summed E-state index contributed by atoms with van der Waals surface area (Å²) >= 11 is 0. The molecular formula is C13H22O2. The van der Waals surface area contributed by atoms with Gasteiger partial charge in [-0.15, -0.1) is 0 Å². The fourth-order valence-corrected chi connectivity index (χ4v) is 1.44. The van der Waals surface area contributed by atoms with Crippen LogP contribution in [0, 0.1) is 0 Å². The van der Waals surface area contributed by atoms with E-state index in [-0.39, 0.29) is 0 Å². The molecule has 0 aliphatic carbocycles. The number of aliphatic carboxylic acids is 1. The van der Waals surface area contributed by atoms with Gasteiger partial charge in [0.25, 0.3) is 0 Å². The molecule has 0 aromatic rings. The zero-order valence-corrected chi connectivity index (χ0v) is 9.45. The van der Waals surface area contributed by atoms with Crippen LogP contribution in [-0.4, -0.2) is 11.1 Å². The number of hydrogen-bond donors (Lipinski definition) is 1. The minimum Gasteiger partial charge on any atom is -0.481 e. The lowest BCUT2D eigenvalue weighted by molar-refractivity contribution is -0.137. The minimum atomic E-state index is -0.676. The van der Waals surface area contributed by atoms with Gasteiger partial charge >= 0.3 is 5.97 Å². The Morgan fingerprint density at radius 1 is 1.07 bits per heavy atom. The zero-order valence-electron chi connectivity index (χ0n) is 9.45. The van der Waals surface area contributed by atoms with Crippen LogP contribution in [0.15, 0.2) is 24.8 Å². The van der Waals surface area contributed by atoms with Gasteiger partial charge in [0.2, 0.25) is 0 Å². The van der Waals surface area contributed by atoms with E-state index in [2.05, 4.69) is 12.7 Å². The molecule has 0 amide bonds. The second kappa shape index (κ2) is 11.0. The van der Waals surface area contributed by atoms with Crippen LogP contribution in [0.5, 0.6) is 0 Å². The highest BCUT2D eigenvalue weighted by molar-refractivity contribution is 5.66. The maximum atomic E-state index is 10.2. The Kier molecular flexibility index (Phi) is 10.3. The number of carbonyl (C=O) groups is 1. The molecule has 0 radical (unpaired) electrons. The van der Waals surface area contributed by atoms with Crippen LogP contribution in [0.1, 0.15) is 51.4 Å². The second-order valence-electron chi connectivity index (χ2n) is 3.72. The summed E-state index contributed by atoms with van der Waals surface area (Å²) in [5.74, 6) is -0.676. The van der Waals surface area contributed by atoms with E-state index in [9.17, 15) is 4.79 Å². The van der Waals surface area contributed by atoms with Crippen molar-refractivity contribution >= 4 is 5.97 Å². The Morgan fingerprint density at radius 2 is 1.67 bits per heavy atom. The molecule has 0 atom stereocenters. The number of allylic oxidation sites excluding steroid dienone is 3. The van der Waals surface area contributed by atoms with Gasteiger partial charge in [-0.25, -0.2) is 0 Å². The summed E-state index contributed by atoms with van der Waals surface area (Å²) in [4.78, 5) is 10.2. The molecule has 15 heavy (non-hydrogen) atoms. The van der Waals surface area contributed by atoms with E-state index in [0.717, 1.165) is 19.3 Å². The monoisotopic (exact) mass is 210 g/mol. The number of carboxylic acid groups (broad SMARTS) is 1. The smallest absolute Gasteiger partial charge is 0.303 e. The van der Waals surface area contributed by atoms with E-state index < -0.39 is 5.97 Å². The molecule has 0 saturated carbocycles. The first-order chi connectivity index (χ1) is 7.27. The molecule has 0 spiro atoms. The van der Waals surface area contributed by atoms with Crippen molar-refractivity contribution in [3.8, 4) is 0 Å². The molecule has 1 N–H and O–H groups in total. The average Bonchev–Trinajstić information content (AvgIpc) is 2.20. The largest absolute Gasteiger partial charge is 0.481 e. The summed E-state index contributed by atoms with van der Waals surface area (Å²) in [6, 6.07) is 0. The van der Waals surface area contributed by atoms with Gasteiger partial charge in [0.15, 0.2) is 0 Å². The number of rotatable bonds is 10. The van der Waals surface area contributed by atoms with Crippen molar-refractivity contribution in [2.75, 3.05) is 0 Å². The van der Waals surface area contributed by atoms with Gasteiger partial charge in [-0.1, -0.05) is 50.5 Å². The first kappa shape index (κ1) is 13.9. The van der Waals surface area contributed by atoms with Gasteiger partial charge in [0.05, 0.1) is 0 Å². The number of hydrogen-bond acceptors (Lipinski definition) is 1. The first-order valence-electron chi connectivity index (χ1n) is 5.76. The summed E-state index contributed by atoms with van der Waals surface area (Å²) in [6.07, 6.45) is 14.1. The van der Waals surface area contributed by atoms with Crippen LogP contribution in [0.25, 0.3) is 0 Å². The topological polar surface area (TPSA) is 37.3 Å². The van der Waals surface area contributed by atoms with E-state index in [1.807, 2.05) is 6.08 Å². The van der Waals surface area contributed by atoms with Crippen LogP contribution in [0.4, 0.5) is 0 Å². The third-order valence-electron chi connectivity index (χ3n) is 2.28. The van der Waals surface area contributed by atoms with E-state index in [0.29, 0.717) is 6.42 Å².